The lowest BCUT2D eigenvalue weighted by Gasteiger charge is -2.31. The zero-order valence-corrected chi connectivity index (χ0v) is 10.7. The molecule has 0 aliphatic heterocycles. The van der Waals surface area contributed by atoms with Crippen LogP contribution in [-0.2, 0) is 12.8 Å². The first-order valence-corrected chi connectivity index (χ1v) is 6.81. The van der Waals surface area contributed by atoms with E-state index < -0.39 is 5.97 Å². The highest BCUT2D eigenvalue weighted by molar-refractivity contribution is 5.93. The van der Waals surface area contributed by atoms with Gasteiger partial charge < -0.3 is 15.5 Å². The summed E-state index contributed by atoms with van der Waals surface area (Å²) in [6, 6.07) is 1.76. The van der Waals surface area contributed by atoms with Gasteiger partial charge in [0.1, 0.15) is 11.4 Å². The Labute approximate surface area is 111 Å². The van der Waals surface area contributed by atoms with Crippen molar-refractivity contribution in [2.45, 2.75) is 38.2 Å². The Morgan fingerprint density at radius 2 is 2.21 bits per heavy atom. The molecule has 1 fully saturated rings. The predicted octanol–water partition coefficient (Wildman–Crippen LogP) is 1.45. The molecule has 5 heteroatoms. The van der Waals surface area contributed by atoms with E-state index in [1.54, 1.807) is 6.07 Å². The number of carboxylic acid groups (broad SMARTS) is 1. The van der Waals surface area contributed by atoms with Crippen LogP contribution in [0.3, 0.4) is 0 Å². The normalized spacial score (nSPS) is 24.7. The van der Waals surface area contributed by atoms with Gasteiger partial charge in [0, 0.05) is 12.2 Å². The number of aromatic nitrogens is 1. The molecule has 1 saturated carbocycles. The maximum absolute atomic E-state index is 11.3. The van der Waals surface area contributed by atoms with E-state index in [-0.39, 0.29) is 11.7 Å². The Bertz CT molecular complexity index is 510. The van der Waals surface area contributed by atoms with E-state index in [4.69, 9.17) is 0 Å². The second-order valence-corrected chi connectivity index (χ2v) is 5.52. The largest absolute Gasteiger partial charge is 0.478 e. The van der Waals surface area contributed by atoms with Crippen molar-refractivity contribution >= 4 is 11.8 Å². The minimum atomic E-state index is -0.932. The minimum absolute atomic E-state index is 0.182. The topological polar surface area (TPSA) is 82.5 Å². The number of carboxylic acids is 1. The number of anilines is 1. The second-order valence-electron chi connectivity index (χ2n) is 5.52. The summed E-state index contributed by atoms with van der Waals surface area (Å²) in [5, 5.41) is 21.6. The first-order chi connectivity index (χ1) is 9.13. The molecule has 0 spiro atoms. The number of fused-ring (bicyclic) bond motifs is 1. The highest BCUT2D eigenvalue weighted by Crippen LogP contribution is 2.29. The Morgan fingerprint density at radius 1 is 1.42 bits per heavy atom. The molecule has 19 heavy (non-hydrogen) atoms. The zero-order valence-electron chi connectivity index (χ0n) is 10.7. The lowest BCUT2D eigenvalue weighted by molar-refractivity contribution is 0.0485. The van der Waals surface area contributed by atoms with Crippen LogP contribution in [-0.4, -0.2) is 33.8 Å². The van der Waals surface area contributed by atoms with Crippen LogP contribution < -0.4 is 5.32 Å². The molecule has 5 nitrogen and oxygen atoms in total. The molecule has 0 aromatic carbocycles. The molecule has 102 valence electrons. The molecule has 0 bridgehead atoms. The molecule has 1 aromatic rings. The fourth-order valence-electron chi connectivity index (χ4n) is 2.88. The third-order valence-corrected chi connectivity index (χ3v) is 4.05. The van der Waals surface area contributed by atoms with Crippen LogP contribution in [0.25, 0.3) is 0 Å². The summed E-state index contributed by atoms with van der Waals surface area (Å²) in [5.74, 6) is -0.0282. The van der Waals surface area contributed by atoms with Crippen molar-refractivity contribution in [3.05, 3.63) is 22.9 Å². The number of carbonyl (C=O) groups is 1. The van der Waals surface area contributed by atoms with E-state index in [0.717, 1.165) is 43.4 Å². The maximum Gasteiger partial charge on any atom is 0.339 e. The van der Waals surface area contributed by atoms with Gasteiger partial charge in [-0.05, 0) is 49.7 Å². The quantitative estimate of drug-likeness (QED) is 0.765. The van der Waals surface area contributed by atoms with Crippen LogP contribution in [0.15, 0.2) is 6.07 Å². The standard InChI is InChI=1S/C14H18N2O3/c17-10-4-8(5-10)7-15-13-11(14(18)19)6-9-2-1-3-12(9)16-13/h6,8,10,17H,1-5,7H2,(H,15,16)(H,18,19). The fraction of sp³-hybridized carbons (Fsp3) is 0.571. The van der Waals surface area contributed by atoms with Crippen LogP contribution in [0.5, 0.6) is 0 Å². The molecule has 3 N–H and O–H groups in total. The number of aliphatic hydroxyl groups excluding tert-OH is 1. The first kappa shape index (κ1) is 12.4. The molecule has 1 heterocycles. The van der Waals surface area contributed by atoms with Gasteiger partial charge in [-0.2, -0.15) is 0 Å². The van der Waals surface area contributed by atoms with E-state index in [2.05, 4.69) is 10.3 Å². The number of nitrogens with one attached hydrogen (secondary N) is 1. The average Bonchev–Trinajstić information content (AvgIpc) is 2.78. The van der Waals surface area contributed by atoms with Crippen LogP contribution in [0, 0.1) is 5.92 Å². The van der Waals surface area contributed by atoms with Crippen LogP contribution in [0.4, 0.5) is 5.82 Å². The Hall–Kier alpha value is -1.62. The van der Waals surface area contributed by atoms with Crippen LogP contribution in [0.1, 0.15) is 40.9 Å². The van der Waals surface area contributed by atoms with Gasteiger partial charge in [-0.15, -0.1) is 0 Å². The number of rotatable bonds is 4. The van der Waals surface area contributed by atoms with Crippen molar-refractivity contribution in [2.24, 2.45) is 5.92 Å². The van der Waals surface area contributed by atoms with Gasteiger partial charge >= 0.3 is 5.97 Å². The number of aromatic carboxylic acids is 1. The molecule has 0 amide bonds. The van der Waals surface area contributed by atoms with Crippen LogP contribution >= 0.6 is 0 Å². The van der Waals surface area contributed by atoms with Gasteiger partial charge in [0.05, 0.1) is 6.10 Å². The molecule has 0 unspecified atom stereocenters. The average molecular weight is 262 g/mol. The Kier molecular flexibility index (Phi) is 3.14. The lowest BCUT2D eigenvalue weighted by Crippen LogP contribution is -2.33. The number of pyridine rings is 1. The maximum atomic E-state index is 11.3. The number of aliphatic hydroxyl groups is 1. The van der Waals surface area contributed by atoms with Gasteiger partial charge in [-0.1, -0.05) is 0 Å². The van der Waals surface area contributed by atoms with E-state index in [9.17, 15) is 15.0 Å². The number of aryl methyl sites for hydroxylation is 2. The van der Waals surface area contributed by atoms with E-state index in [1.165, 1.54) is 0 Å². The summed E-state index contributed by atoms with van der Waals surface area (Å²) >= 11 is 0. The molecule has 3 rings (SSSR count). The van der Waals surface area contributed by atoms with Gasteiger partial charge in [0.15, 0.2) is 0 Å². The summed E-state index contributed by atoms with van der Waals surface area (Å²) in [6.07, 6.45) is 4.32. The highest BCUT2D eigenvalue weighted by Gasteiger charge is 2.27. The number of hydrogen-bond acceptors (Lipinski definition) is 4. The summed E-state index contributed by atoms with van der Waals surface area (Å²) in [7, 11) is 0. The molecular formula is C14H18N2O3. The van der Waals surface area contributed by atoms with E-state index >= 15 is 0 Å². The van der Waals surface area contributed by atoms with Crippen molar-refractivity contribution in [2.75, 3.05) is 11.9 Å². The van der Waals surface area contributed by atoms with Crippen molar-refractivity contribution in [1.82, 2.24) is 4.98 Å². The monoisotopic (exact) mass is 262 g/mol. The van der Waals surface area contributed by atoms with Gasteiger partial charge in [-0.3, -0.25) is 0 Å². The van der Waals surface area contributed by atoms with Gasteiger partial charge in [-0.25, -0.2) is 9.78 Å². The van der Waals surface area contributed by atoms with Gasteiger partial charge in [0.2, 0.25) is 0 Å². The second kappa shape index (κ2) is 4.81. The van der Waals surface area contributed by atoms with Gasteiger partial charge in [0.25, 0.3) is 0 Å². The molecule has 0 atom stereocenters. The van der Waals surface area contributed by atoms with E-state index in [1.807, 2.05) is 0 Å². The number of hydrogen-bond donors (Lipinski definition) is 3. The van der Waals surface area contributed by atoms with Crippen LogP contribution in [0.2, 0.25) is 0 Å². The minimum Gasteiger partial charge on any atom is -0.478 e. The van der Waals surface area contributed by atoms with Crippen molar-refractivity contribution in [3.8, 4) is 0 Å². The highest BCUT2D eigenvalue weighted by atomic mass is 16.4. The van der Waals surface area contributed by atoms with Crippen molar-refractivity contribution < 1.29 is 15.0 Å². The smallest absolute Gasteiger partial charge is 0.339 e. The summed E-state index contributed by atoms with van der Waals surface area (Å²) in [6.45, 7) is 0.684. The Balaban J connectivity index is 1.77. The molecule has 0 saturated heterocycles. The van der Waals surface area contributed by atoms with E-state index in [0.29, 0.717) is 18.3 Å². The third-order valence-electron chi connectivity index (χ3n) is 4.05. The SMILES string of the molecule is O=C(O)c1cc2c(nc1NCC1CC(O)C1)CCC2. The third kappa shape index (κ3) is 2.42. The van der Waals surface area contributed by atoms with Crippen molar-refractivity contribution in [1.29, 1.82) is 0 Å². The molecule has 1 aromatic heterocycles. The number of nitrogens with zero attached hydrogens (tertiary/aromatic N) is 1. The fourth-order valence-corrected chi connectivity index (χ4v) is 2.88. The first-order valence-electron chi connectivity index (χ1n) is 6.81. The molecule has 2 aliphatic carbocycles. The predicted molar refractivity (Wildman–Crippen MR) is 70.4 cm³/mol. The molecule has 2 aliphatic rings. The zero-order chi connectivity index (χ0) is 13.4. The molecular weight excluding hydrogens is 244 g/mol. The molecule has 0 radical (unpaired) electrons. The summed E-state index contributed by atoms with van der Waals surface area (Å²) < 4.78 is 0. The summed E-state index contributed by atoms with van der Waals surface area (Å²) in [4.78, 5) is 15.8. The lowest BCUT2D eigenvalue weighted by atomic mass is 9.82. The van der Waals surface area contributed by atoms with Crippen molar-refractivity contribution in [3.63, 3.8) is 0 Å². The Morgan fingerprint density at radius 3 is 2.89 bits per heavy atom. The summed E-state index contributed by atoms with van der Waals surface area (Å²) in [5.41, 5.74) is 2.36.